The van der Waals surface area contributed by atoms with Gasteiger partial charge in [0.15, 0.2) is 0 Å². The predicted molar refractivity (Wildman–Crippen MR) is 191 cm³/mol. The van der Waals surface area contributed by atoms with Crippen molar-refractivity contribution in [2.75, 3.05) is 78.5 Å². The number of nitrogens with zero attached hydrogens (tertiary/aromatic N) is 6. The van der Waals surface area contributed by atoms with Crippen molar-refractivity contribution >= 4 is 0 Å². The molecule has 0 amide bonds. The van der Waals surface area contributed by atoms with Gasteiger partial charge in [0.25, 0.3) is 0 Å². The molecule has 0 spiro atoms. The summed E-state index contributed by atoms with van der Waals surface area (Å²) in [6.07, 6.45) is 8.21. The van der Waals surface area contributed by atoms with E-state index in [1.807, 2.05) is 0 Å². The highest BCUT2D eigenvalue weighted by Crippen LogP contribution is 2.31. The van der Waals surface area contributed by atoms with Gasteiger partial charge in [-0.05, 0) is 166 Å². The topological polar surface area (TPSA) is 19.4 Å². The lowest BCUT2D eigenvalue weighted by molar-refractivity contribution is -0.0291. The van der Waals surface area contributed by atoms with Crippen LogP contribution < -0.4 is 0 Å². The lowest BCUT2D eigenvalue weighted by atomic mass is 9.89. The van der Waals surface area contributed by atoms with Crippen LogP contribution in [0.25, 0.3) is 0 Å². The van der Waals surface area contributed by atoms with Crippen molar-refractivity contribution in [2.24, 2.45) is 11.8 Å². The molecule has 2 atom stereocenters. The Morgan fingerprint density at radius 3 is 1.25 bits per heavy atom. The second kappa shape index (κ2) is 14.5. The van der Waals surface area contributed by atoms with E-state index in [9.17, 15) is 0 Å². The Kier molecular flexibility index (Phi) is 12.0. The quantitative estimate of drug-likeness (QED) is 0.329. The second-order valence-electron chi connectivity index (χ2n) is 19.3. The maximum atomic E-state index is 2.97. The van der Waals surface area contributed by atoms with Crippen LogP contribution in [-0.2, 0) is 0 Å². The molecule has 4 rings (SSSR count). The van der Waals surface area contributed by atoms with Gasteiger partial charge >= 0.3 is 0 Å². The van der Waals surface area contributed by atoms with Gasteiger partial charge in [-0.25, -0.2) is 0 Å². The van der Waals surface area contributed by atoms with E-state index < -0.39 is 0 Å². The summed E-state index contributed by atoms with van der Waals surface area (Å²) in [5.41, 5.74) is 1.11. The fraction of sp³-hybridized carbons (Fsp3) is 1.00. The van der Waals surface area contributed by atoms with Crippen molar-refractivity contribution < 1.29 is 0 Å². The molecule has 0 radical (unpaired) electrons. The lowest BCUT2D eigenvalue weighted by Gasteiger charge is -2.52. The Labute approximate surface area is 275 Å². The number of likely N-dealkylation sites (tertiary alicyclic amines) is 2. The lowest BCUT2D eigenvalue weighted by Crippen LogP contribution is -2.63. The smallest absolute Gasteiger partial charge is 0.0239 e. The molecule has 4 aliphatic rings. The first-order valence-corrected chi connectivity index (χ1v) is 18.8. The van der Waals surface area contributed by atoms with E-state index in [0.717, 1.165) is 11.8 Å². The zero-order valence-corrected chi connectivity index (χ0v) is 31.7. The van der Waals surface area contributed by atoms with Crippen LogP contribution in [0.5, 0.6) is 0 Å². The molecule has 6 nitrogen and oxygen atoms in total. The molecule has 4 aliphatic heterocycles. The molecule has 4 heterocycles. The Balaban J connectivity index is 1.43. The van der Waals surface area contributed by atoms with E-state index in [4.69, 9.17) is 0 Å². The van der Waals surface area contributed by atoms with E-state index >= 15 is 0 Å². The predicted octanol–water partition coefficient (Wildman–Crippen LogP) is 6.36. The summed E-state index contributed by atoms with van der Waals surface area (Å²) in [5.74, 6) is 1.75. The molecular formula is C38H76N6. The minimum Gasteiger partial charge on any atom is -0.298 e. The van der Waals surface area contributed by atoms with E-state index in [-0.39, 0.29) is 11.1 Å². The average molecular weight is 617 g/mol. The van der Waals surface area contributed by atoms with Gasteiger partial charge < -0.3 is 0 Å². The zero-order chi connectivity index (χ0) is 32.5. The number of piperidine rings is 2. The van der Waals surface area contributed by atoms with Gasteiger partial charge in [-0.1, -0.05) is 0 Å². The second-order valence-corrected chi connectivity index (χ2v) is 19.3. The Hall–Kier alpha value is -0.240. The third-order valence-corrected chi connectivity index (χ3v) is 12.1. The minimum absolute atomic E-state index is 0.244. The summed E-state index contributed by atoms with van der Waals surface area (Å²) in [6, 6.07) is 1.32. The van der Waals surface area contributed by atoms with Crippen LogP contribution in [0.15, 0.2) is 0 Å². The fourth-order valence-corrected chi connectivity index (χ4v) is 8.66. The van der Waals surface area contributed by atoms with Crippen LogP contribution >= 0.6 is 0 Å². The maximum Gasteiger partial charge on any atom is 0.0239 e. The third-order valence-electron chi connectivity index (χ3n) is 12.1. The Bertz CT molecular complexity index is 860. The standard InChI is InChI=1S/C38H76N6/c1-35(2,3)41-19-14-31(15-20-41)13-18-39-23-25-43(37(7,8)9)29-33(39)27-34-30-44(38(10,11)12)26-24-40(34)28-32-16-21-42(22-17-32)36(4,5)6/h31-34H,13-30H2,1-12H3/t33?,34-/m0/s1. The molecule has 4 fully saturated rings. The van der Waals surface area contributed by atoms with Crippen LogP contribution in [0.2, 0.25) is 0 Å². The van der Waals surface area contributed by atoms with Crippen molar-refractivity contribution in [3.63, 3.8) is 0 Å². The molecule has 0 aromatic carbocycles. The molecule has 0 aromatic heterocycles. The van der Waals surface area contributed by atoms with Crippen molar-refractivity contribution in [3.05, 3.63) is 0 Å². The highest BCUT2D eigenvalue weighted by atomic mass is 15.3. The summed E-state index contributed by atoms with van der Waals surface area (Å²) in [4.78, 5) is 16.9. The van der Waals surface area contributed by atoms with Gasteiger partial charge in [0.2, 0.25) is 0 Å². The summed E-state index contributed by atoms with van der Waals surface area (Å²) >= 11 is 0. The van der Waals surface area contributed by atoms with Gasteiger partial charge in [-0.15, -0.1) is 0 Å². The molecule has 0 bridgehead atoms. The highest BCUT2D eigenvalue weighted by Gasteiger charge is 2.39. The van der Waals surface area contributed by atoms with Gasteiger partial charge in [-0.3, -0.25) is 29.4 Å². The first-order valence-electron chi connectivity index (χ1n) is 18.8. The monoisotopic (exact) mass is 617 g/mol. The minimum atomic E-state index is 0.244. The molecular weight excluding hydrogens is 540 g/mol. The van der Waals surface area contributed by atoms with E-state index in [1.165, 1.54) is 117 Å². The maximum absolute atomic E-state index is 2.97. The molecule has 0 aliphatic carbocycles. The van der Waals surface area contributed by atoms with Gasteiger partial charge in [-0.2, -0.15) is 0 Å². The Morgan fingerprint density at radius 2 is 0.818 bits per heavy atom. The van der Waals surface area contributed by atoms with E-state index in [2.05, 4.69) is 112 Å². The SMILES string of the molecule is CC(C)(C)N1CCC(CCN2CCN(C(C)(C)C)CC2C[C@H]2CN(C(C)(C)C)CCN2CC2CCN(C(C)(C)C)CC2)CC1. The summed E-state index contributed by atoms with van der Waals surface area (Å²) in [6.45, 7) is 44.0. The molecule has 6 heteroatoms. The summed E-state index contributed by atoms with van der Waals surface area (Å²) < 4.78 is 0. The number of piperazine rings is 2. The van der Waals surface area contributed by atoms with E-state index in [1.54, 1.807) is 0 Å². The van der Waals surface area contributed by atoms with Crippen LogP contribution in [0, 0.1) is 11.8 Å². The highest BCUT2D eigenvalue weighted by molar-refractivity contribution is 4.96. The number of hydrogen-bond donors (Lipinski definition) is 0. The van der Waals surface area contributed by atoms with Crippen molar-refractivity contribution in [1.29, 1.82) is 0 Å². The van der Waals surface area contributed by atoms with Gasteiger partial charge in [0.1, 0.15) is 0 Å². The molecule has 0 N–H and O–H groups in total. The third kappa shape index (κ3) is 10.1. The Morgan fingerprint density at radius 1 is 0.432 bits per heavy atom. The summed E-state index contributed by atoms with van der Waals surface area (Å²) in [7, 11) is 0. The average Bonchev–Trinajstić information content (AvgIpc) is 2.91. The van der Waals surface area contributed by atoms with Crippen LogP contribution in [-0.4, -0.2) is 142 Å². The van der Waals surface area contributed by atoms with Crippen molar-refractivity contribution in [1.82, 2.24) is 29.4 Å². The van der Waals surface area contributed by atoms with Crippen LogP contribution in [0.1, 0.15) is 122 Å². The molecule has 0 saturated carbocycles. The summed E-state index contributed by atoms with van der Waals surface area (Å²) in [5, 5.41) is 0. The van der Waals surface area contributed by atoms with E-state index in [0.29, 0.717) is 23.2 Å². The van der Waals surface area contributed by atoms with Crippen molar-refractivity contribution in [2.45, 2.75) is 156 Å². The molecule has 0 aromatic rings. The number of rotatable bonds is 7. The number of hydrogen-bond acceptors (Lipinski definition) is 6. The molecule has 4 saturated heterocycles. The first-order chi connectivity index (χ1) is 20.3. The molecule has 258 valence electrons. The first kappa shape index (κ1) is 36.6. The zero-order valence-electron chi connectivity index (χ0n) is 31.7. The van der Waals surface area contributed by atoms with Gasteiger partial charge in [0.05, 0.1) is 0 Å². The van der Waals surface area contributed by atoms with Gasteiger partial charge in [0, 0.05) is 80.1 Å². The van der Waals surface area contributed by atoms with Crippen LogP contribution in [0.3, 0.4) is 0 Å². The van der Waals surface area contributed by atoms with Crippen LogP contribution in [0.4, 0.5) is 0 Å². The molecule has 44 heavy (non-hydrogen) atoms. The normalized spacial score (nSPS) is 28.6. The largest absolute Gasteiger partial charge is 0.298 e. The fourth-order valence-electron chi connectivity index (χ4n) is 8.66. The molecule has 1 unspecified atom stereocenters. The van der Waals surface area contributed by atoms with Crippen molar-refractivity contribution in [3.8, 4) is 0 Å².